The van der Waals surface area contributed by atoms with Gasteiger partial charge in [0, 0.05) is 0 Å². The summed E-state index contributed by atoms with van der Waals surface area (Å²) in [6, 6.07) is 12.5. The number of hydrogen-bond donors (Lipinski definition) is 0. The van der Waals surface area contributed by atoms with Gasteiger partial charge in [0.1, 0.15) is 0 Å². The number of rotatable bonds is 6. The molecule has 1 heteroatoms. The molecule has 1 aliphatic carbocycles. The van der Waals surface area contributed by atoms with Crippen molar-refractivity contribution in [2.75, 3.05) is 0 Å². The van der Waals surface area contributed by atoms with Crippen LogP contribution in [0, 0.1) is 11.8 Å². The molecular formula is C20H30Si. The highest BCUT2D eigenvalue weighted by Gasteiger charge is 2.27. The van der Waals surface area contributed by atoms with E-state index >= 15 is 0 Å². The molecular weight excluding hydrogens is 268 g/mol. The van der Waals surface area contributed by atoms with Gasteiger partial charge in [0.05, 0.1) is 9.52 Å². The number of benzene rings is 1. The van der Waals surface area contributed by atoms with Crippen LogP contribution in [0.25, 0.3) is 0 Å². The Kier molecular flexibility index (Phi) is 5.63. The zero-order valence-corrected chi connectivity index (χ0v) is 15.8. The van der Waals surface area contributed by atoms with Crippen molar-refractivity contribution in [2.24, 2.45) is 11.8 Å². The summed E-state index contributed by atoms with van der Waals surface area (Å²) in [4.78, 5) is 0. The third-order valence-electron chi connectivity index (χ3n) is 5.41. The van der Waals surface area contributed by atoms with Gasteiger partial charge in [-0.3, -0.25) is 0 Å². The number of allylic oxidation sites excluding steroid dienone is 4. The van der Waals surface area contributed by atoms with Crippen LogP contribution in [0.2, 0.25) is 6.04 Å². The molecule has 0 fully saturated rings. The summed E-state index contributed by atoms with van der Waals surface area (Å²) in [7, 11) is -0.158. The fourth-order valence-electron chi connectivity index (χ4n) is 3.48. The fourth-order valence-corrected chi connectivity index (χ4v) is 5.49. The van der Waals surface area contributed by atoms with Crippen molar-refractivity contribution >= 4 is 14.7 Å². The van der Waals surface area contributed by atoms with Crippen molar-refractivity contribution in [3.63, 3.8) is 0 Å². The molecule has 1 aromatic carbocycles. The Hall–Kier alpha value is -1.08. The van der Waals surface area contributed by atoms with Crippen LogP contribution in [-0.2, 0) is 0 Å². The Labute approximate surface area is 133 Å². The van der Waals surface area contributed by atoms with Crippen LogP contribution < -0.4 is 5.19 Å². The summed E-state index contributed by atoms with van der Waals surface area (Å²) in [6.07, 6.45) is 2.59. The van der Waals surface area contributed by atoms with Crippen molar-refractivity contribution in [3.05, 3.63) is 52.6 Å². The maximum Gasteiger partial charge on any atom is 0.0556 e. The van der Waals surface area contributed by atoms with Gasteiger partial charge in [0.2, 0.25) is 0 Å². The molecule has 0 saturated carbocycles. The van der Waals surface area contributed by atoms with Crippen molar-refractivity contribution in [1.82, 2.24) is 0 Å². The SMILES string of the molecule is CCC(C)CC1=C(C)C(C)=C(C)C1C[SiH2]c1ccccc1. The van der Waals surface area contributed by atoms with Gasteiger partial charge >= 0.3 is 0 Å². The van der Waals surface area contributed by atoms with Crippen LogP contribution in [-0.4, -0.2) is 9.52 Å². The zero-order chi connectivity index (χ0) is 15.4. The molecule has 0 radical (unpaired) electrons. The van der Waals surface area contributed by atoms with Gasteiger partial charge in [-0.2, -0.15) is 0 Å². The Morgan fingerprint density at radius 2 is 1.71 bits per heavy atom. The normalized spacial score (nSPS) is 20.9. The van der Waals surface area contributed by atoms with Crippen LogP contribution in [0.3, 0.4) is 0 Å². The first-order valence-electron chi connectivity index (χ1n) is 8.45. The maximum atomic E-state index is 2.40. The first kappa shape index (κ1) is 16.3. The molecule has 0 nitrogen and oxygen atoms in total. The lowest BCUT2D eigenvalue weighted by Gasteiger charge is -2.20. The predicted octanol–water partition coefficient (Wildman–Crippen LogP) is 4.62. The Balaban J connectivity index is 2.11. The summed E-state index contributed by atoms with van der Waals surface area (Å²) < 4.78 is 0. The smallest absolute Gasteiger partial charge is 0.0556 e. The van der Waals surface area contributed by atoms with Gasteiger partial charge in [0.25, 0.3) is 0 Å². The summed E-state index contributed by atoms with van der Waals surface area (Å²) >= 11 is 0. The molecule has 1 aliphatic rings. The third kappa shape index (κ3) is 3.77. The Morgan fingerprint density at radius 3 is 2.33 bits per heavy atom. The van der Waals surface area contributed by atoms with Crippen molar-refractivity contribution in [1.29, 1.82) is 0 Å². The van der Waals surface area contributed by atoms with E-state index in [1.165, 1.54) is 18.9 Å². The van der Waals surface area contributed by atoms with Gasteiger partial charge < -0.3 is 0 Å². The predicted molar refractivity (Wildman–Crippen MR) is 98.1 cm³/mol. The molecule has 2 unspecified atom stereocenters. The highest BCUT2D eigenvalue weighted by molar-refractivity contribution is 6.53. The number of hydrogen-bond acceptors (Lipinski definition) is 0. The van der Waals surface area contributed by atoms with E-state index < -0.39 is 0 Å². The van der Waals surface area contributed by atoms with E-state index in [0.29, 0.717) is 0 Å². The lowest BCUT2D eigenvalue weighted by molar-refractivity contribution is 0.532. The lowest BCUT2D eigenvalue weighted by Crippen LogP contribution is -2.18. The first-order valence-corrected chi connectivity index (χ1v) is 10.2. The summed E-state index contributed by atoms with van der Waals surface area (Å²) in [5.41, 5.74) is 6.57. The van der Waals surface area contributed by atoms with E-state index in [1.807, 2.05) is 0 Å². The minimum absolute atomic E-state index is 0.158. The van der Waals surface area contributed by atoms with Crippen LogP contribution in [0.15, 0.2) is 52.6 Å². The summed E-state index contributed by atoms with van der Waals surface area (Å²) in [5, 5.41) is 1.61. The molecule has 0 bridgehead atoms. The fraction of sp³-hybridized carbons (Fsp3) is 0.500. The molecule has 0 saturated heterocycles. The van der Waals surface area contributed by atoms with E-state index in [-0.39, 0.29) is 9.52 Å². The third-order valence-corrected chi connectivity index (χ3v) is 7.32. The Morgan fingerprint density at radius 1 is 1.05 bits per heavy atom. The molecule has 21 heavy (non-hydrogen) atoms. The minimum atomic E-state index is -0.158. The highest BCUT2D eigenvalue weighted by atomic mass is 28.2. The second-order valence-electron chi connectivity index (χ2n) is 6.75. The second-order valence-corrected chi connectivity index (χ2v) is 8.65. The molecule has 1 aromatic rings. The largest absolute Gasteiger partial charge is 0.0669 e. The average Bonchev–Trinajstić information content (AvgIpc) is 2.71. The van der Waals surface area contributed by atoms with Gasteiger partial charge in [-0.25, -0.2) is 0 Å². The second kappa shape index (κ2) is 7.26. The van der Waals surface area contributed by atoms with Crippen LogP contribution in [0.5, 0.6) is 0 Å². The van der Waals surface area contributed by atoms with Gasteiger partial charge in [0.15, 0.2) is 0 Å². The van der Waals surface area contributed by atoms with Gasteiger partial charge in [-0.1, -0.05) is 66.9 Å². The maximum absolute atomic E-state index is 2.40. The molecule has 0 amide bonds. The molecule has 0 aliphatic heterocycles. The minimum Gasteiger partial charge on any atom is -0.0669 e. The van der Waals surface area contributed by atoms with Crippen molar-refractivity contribution in [3.8, 4) is 0 Å². The lowest BCUT2D eigenvalue weighted by atomic mass is 9.89. The van der Waals surface area contributed by atoms with E-state index in [0.717, 1.165) is 11.8 Å². The van der Waals surface area contributed by atoms with E-state index in [1.54, 1.807) is 27.5 Å². The molecule has 0 aromatic heterocycles. The molecule has 2 rings (SSSR count). The van der Waals surface area contributed by atoms with Gasteiger partial charge in [-0.05, 0) is 56.2 Å². The topological polar surface area (TPSA) is 0 Å². The molecule has 0 heterocycles. The van der Waals surface area contributed by atoms with Crippen LogP contribution >= 0.6 is 0 Å². The van der Waals surface area contributed by atoms with E-state index in [4.69, 9.17) is 0 Å². The molecule has 0 spiro atoms. The Bertz CT molecular complexity index is 536. The summed E-state index contributed by atoms with van der Waals surface area (Å²) in [6.45, 7) is 11.8. The quantitative estimate of drug-likeness (QED) is 0.672. The zero-order valence-electron chi connectivity index (χ0n) is 14.4. The van der Waals surface area contributed by atoms with Crippen molar-refractivity contribution in [2.45, 2.75) is 53.5 Å². The van der Waals surface area contributed by atoms with E-state index in [2.05, 4.69) is 65.0 Å². The standard InChI is InChI=1S/C20H30Si/c1-6-14(2)12-19-16(4)15(3)17(5)20(19)13-21-18-10-8-7-9-11-18/h7-11,14,20H,6,12-13,21H2,1-5H3. The average molecular weight is 299 g/mol. The van der Waals surface area contributed by atoms with E-state index in [9.17, 15) is 0 Å². The summed E-state index contributed by atoms with van der Waals surface area (Å²) in [5.74, 6) is 1.56. The first-order chi connectivity index (χ1) is 10.0. The van der Waals surface area contributed by atoms with Gasteiger partial charge in [-0.15, -0.1) is 0 Å². The van der Waals surface area contributed by atoms with Crippen molar-refractivity contribution < 1.29 is 0 Å². The molecule has 114 valence electrons. The van der Waals surface area contributed by atoms with Crippen LogP contribution in [0.4, 0.5) is 0 Å². The molecule has 0 N–H and O–H groups in total. The monoisotopic (exact) mass is 298 g/mol. The molecule has 2 atom stereocenters. The highest BCUT2D eigenvalue weighted by Crippen LogP contribution is 2.42. The van der Waals surface area contributed by atoms with Crippen LogP contribution in [0.1, 0.15) is 47.5 Å².